The third kappa shape index (κ3) is 4.44. The first-order valence-corrected chi connectivity index (χ1v) is 7.46. The highest BCUT2D eigenvalue weighted by Crippen LogP contribution is 2.18. The number of amides is 2. The van der Waals surface area contributed by atoms with E-state index in [2.05, 4.69) is 10.6 Å². The third-order valence-electron chi connectivity index (χ3n) is 3.60. The Morgan fingerprint density at radius 1 is 1.24 bits per heavy atom. The van der Waals surface area contributed by atoms with Gasteiger partial charge in [-0.05, 0) is 25.0 Å². The molecule has 1 aromatic carbocycles. The molecule has 114 valence electrons. The van der Waals surface area contributed by atoms with Gasteiger partial charge in [-0.15, -0.1) is 0 Å². The summed E-state index contributed by atoms with van der Waals surface area (Å²) < 4.78 is 0. The quantitative estimate of drug-likeness (QED) is 0.788. The summed E-state index contributed by atoms with van der Waals surface area (Å²) in [6.45, 7) is -0.132. The molecule has 2 amide bonds. The summed E-state index contributed by atoms with van der Waals surface area (Å²) in [5.74, 6) is -0.693. The molecule has 1 aliphatic carbocycles. The minimum Gasteiger partial charge on any atom is -0.391 e. The summed E-state index contributed by atoms with van der Waals surface area (Å²) >= 11 is 5.91. The van der Waals surface area contributed by atoms with Gasteiger partial charge in [0.15, 0.2) is 0 Å². The molecular weight excluding hydrogens is 292 g/mol. The Morgan fingerprint density at radius 3 is 2.67 bits per heavy atom. The number of carbonyl (C=O) groups is 2. The van der Waals surface area contributed by atoms with Crippen molar-refractivity contribution in [3.8, 4) is 0 Å². The van der Waals surface area contributed by atoms with Crippen LogP contribution in [0.4, 0.5) is 0 Å². The van der Waals surface area contributed by atoms with Crippen LogP contribution >= 0.6 is 11.6 Å². The van der Waals surface area contributed by atoms with Gasteiger partial charge >= 0.3 is 0 Å². The number of aliphatic hydroxyl groups is 1. The molecule has 1 fully saturated rings. The molecule has 5 nitrogen and oxygen atoms in total. The van der Waals surface area contributed by atoms with E-state index in [1.165, 1.54) is 0 Å². The first-order valence-electron chi connectivity index (χ1n) is 7.08. The second-order valence-corrected chi connectivity index (χ2v) is 5.60. The second-order valence-electron chi connectivity index (χ2n) is 5.19. The van der Waals surface area contributed by atoms with E-state index in [1.807, 2.05) is 0 Å². The molecule has 6 heteroatoms. The molecular formula is C15H19ClN2O3. The van der Waals surface area contributed by atoms with Crippen molar-refractivity contribution in [2.24, 2.45) is 0 Å². The predicted molar refractivity (Wildman–Crippen MR) is 80.2 cm³/mol. The van der Waals surface area contributed by atoms with Crippen molar-refractivity contribution in [2.45, 2.75) is 37.8 Å². The monoisotopic (exact) mass is 310 g/mol. The van der Waals surface area contributed by atoms with Crippen LogP contribution in [0.1, 0.15) is 36.0 Å². The van der Waals surface area contributed by atoms with E-state index >= 15 is 0 Å². The maximum Gasteiger partial charge on any atom is 0.253 e. The summed E-state index contributed by atoms with van der Waals surface area (Å²) in [6.07, 6.45) is 2.95. The molecule has 0 aliphatic heterocycles. The highest BCUT2D eigenvalue weighted by molar-refractivity contribution is 6.33. The van der Waals surface area contributed by atoms with Gasteiger partial charge in [0.05, 0.1) is 29.3 Å². The van der Waals surface area contributed by atoms with Crippen molar-refractivity contribution in [3.05, 3.63) is 34.9 Å². The van der Waals surface area contributed by atoms with Crippen molar-refractivity contribution >= 4 is 23.4 Å². The number of benzene rings is 1. The molecule has 0 spiro atoms. The van der Waals surface area contributed by atoms with Crippen molar-refractivity contribution in [2.75, 3.05) is 6.54 Å². The molecule has 0 saturated heterocycles. The summed E-state index contributed by atoms with van der Waals surface area (Å²) in [7, 11) is 0. The maximum absolute atomic E-state index is 11.9. The van der Waals surface area contributed by atoms with Crippen LogP contribution in [-0.2, 0) is 4.79 Å². The summed E-state index contributed by atoms with van der Waals surface area (Å²) in [4.78, 5) is 23.7. The number of nitrogens with one attached hydrogen (secondary N) is 2. The zero-order valence-corrected chi connectivity index (χ0v) is 12.4. The van der Waals surface area contributed by atoms with Gasteiger partial charge in [-0.2, -0.15) is 0 Å². The van der Waals surface area contributed by atoms with Crippen LogP contribution in [0.5, 0.6) is 0 Å². The van der Waals surface area contributed by atoms with Crippen LogP contribution in [0.3, 0.4) is 0 Å². The van der Waals surface area contributed by atoms with E-state index in [-0.39, 0.29) is 24.4 Å². The summed E-state index contributed by atoms with van der Waals surface area (Å²) in [5, 5.41) is 15.4. The Hall–Kier alpha value is -1.59. The molecule has 1 aromatic rings. The highest BCUT2D eigenvalue weighted by atomic mass is 35.5. The largest absolute Gasteiger partial charge is 0.391 e. The van der Waals surface area contributed by atoms with Crippen molar-refractivity contribution in [1.82, 2.24) is 10.6 Å². The second kappa shape index (κ2) is 7.43. The van der Waals surface area contributed by atoms with Gasteiger partial charge in [0.1, 0.15) is 0 Å². The average Bonchev–Trinajstić information content (AvgIpc) is 2.48. The topological polar surface area (TPSA) is 78.4 Å². The minimum absolute atomic E-state index is 0.132. The lowest BCUT2D eigenvalue weighted by Crippen LogP contribution is -2.48. The summed E-state index contributed by atoms with van der Waals surface area (Å²) in [5.41, 5.74) is 0.338. The first kappa shape index (κ1) is 15.8. The fourth-order valence-electron chi connectivity index (χ4n) is 2.44. The molecule has 2 atom stereocenters. The van der Waals surface area contributed by atoms with Gasteiger partial charge in [0, 0.05) is 0 Å². The molecule has 2 rings (SSSR count). The Kier molecular flexibility index (Phi) is 5.59. The van der Waals surface area contributed by atoms with Crippen molar-refractivity contribution in [3.63, 3.8) is 0 Å². The number of halogens is 1. The van der Waals surface area contributed by atoms with Crippen LogP contribution in [-0.4, -0.2) is 35.6 Å². The fourth-order valence-corrected chi connectivity index (χ4v) is 2.66. The number of rotatable bonds is 4. The van der Waals surface area contributed by atoms with Gasteiger partial charge in [0.25, 0.3) is 5.91 Å². The van der Waals surface area contributed by atoms with Crippen molar-refractivity contribution in [1.29, 1.82) is 0 Å². The van der Waals surface area contributed by atoms with Crippen LogP contribution in [0, 0.1) is 0 Å². The molecule has 3 N–H and O–H groups in total. The smallest absolute Gasteiger partial charge is 0.253 e. The van der Waals surface area contributed by atoms with E-state index in [4.69, 9.17) is 11.6 Å². The minimum atomic E-state index is -0.498. The molecule has 0 radical (unpaired) electrons. The SMILES string of the molecule is O=C(CNC(=O)c1ccccc1Cl)NC1CCCCC1O. The highest BCUT2D eigenvalue weighted by Gasteiger charge is 2.24. The van der Waals surface area contributed by atoms with Crippen LogP contribution in [0.25, 0.3) is 0 Å². The lowest BCUT2D eigenvalue weighted by atomic mass is 9.92. The number of hydrogen-bond acceptors (Lipinski definition) is 3. The average molecular weight is 311 g/mol. The third-order valence-corrected chi connectivity index (χ3v) is 3.93. The Balaban J connectivity index is 1.81. The molecule has 2 unspecified atom stereocenters. The molecule has 0 bridgehead atoms. The zero-order valence-electron chi connectivity index (χ0n) is 11.6. The molecule has 1 saturated carbocycles. The fraction of sp³-hybridized carbons (Fsp3) is 0.467. The Morgan fingerprint density at radius 2 is 1.95 bits per heavy atom. The molecule has 0 heterocycles. The molecule has 21 heavy (non-hydrogen) atoms. The van der Waals surface area contributed by atoms with E-state index in [9.17, 15) is 14.7 Å². The van der Waals surface area contributed by atoms with Gasteiger partial charge in [-0.1, -0.05) is 36.6 Å². The Labute approximate surface area is 128 Å². The zero-order chi connectivity index (χ0) is 15.2. The van der Waals surface area contributed by atoms with E-state index in [0.717, 1.165) is 19.3 Å². The van der Waals surface area contributed by atoms with Gasteiger partial charge in [0.2, 0.25) is 5.91 Å². The first-order chi connectivity index (χ1) is 10.1. The number of aliphatic hydroxyl groups excluding tert-OH is 1. The predicted octanol–water partition coefficient (Wildman–Crippen LogP) is 1.49. The van der Waals surface area contributed by atoms with Gasteiger partial charge < -0.3 is 15.7 Å². The van der Waals surface area contributed by atoms with E-state index in [1.54, 1.807) is 24.3 Å². The standard InChI is InChI=1S/C15H19ClN2O3/c16-11-6-2-1-5-10(11)15(21)17-9-14(20)18-12-7-3-4-8-13(12)19/h1-2,5-6,12-13,19H,3-4,7-9H2,(H,17,21)(H,18,20). The van der Waals surface area contributed by atoms with Crippen LogP contribution < -0.4 is 10.6 Å². The Bertz CT molecular complexity index is 521. The molecule has 0 aromatic heterocycles. The lowest BCUT2D eigenvalue weighted by Gasteiger charge is -2.28. The molecule has 1 aliphatic rings. The summed E-state index contributed by atoms with van der Waals surface area (Å²) in [6, 6.07) is 6.44. The van der Waals surface area contributed by atoms with E-state index in [0.29, 0.717) is 17.0 Å². The van der Waals surface area contributed by atoms with E-state index < -0.39 is 6.10 Å². The maximum atomic E-state index is 11.9. The number of hydrogen-bond donors (Lipinski definition) is 3. The lowest BCUT2D eigenvalue weighted by molar-refractivity contribution is -0.122. The van der Waals surface area contributed by atoms with Crippen LogP contribution in [0.2, 0.25) is 5.02 Å². The normalized spacial score (nSPS) is 21.6. The van der Waals surface area contributed by atoms with Gasteiger partial charge in [-0.25, -0.2) is 0 Å². The van der Waals surface area contributed by atoms with Gasteiger partial charge in [-0.3, -0.25) is 9.59 Å². The van der Waals surface area contributed by atoms with Crippen LogP contribution in [0.15, 0.2) is 24.3 Å². The van der Waals surface area contributed by atoms with Crippen molar-refractivity contribution < 1.29 is 14.7 Å². The number of carbonyl (C=O) groups excluding carboxylic acids is 2.